The van der Waals surface area contributed by atoms with Crippen LogP contribution in [0.4, 0.5) is 4.79 Å². The Morgan fingerprint density at radius 3 is 2.00 bits per heavy atom. The lowest BCUT2D eigenvalue weighted by Gasteiger charge is -2.18. The Kier molecular flexibility index (Phi) is 4.03. The summed E-state index contributed by atoms with van der Waals surface area (Å²) in [5.74, 6) is 2.38. The van der Waals surface area contributed by atoms with Gasteiger partial charge in [0.1, 0.15) is 5.60 Å². The molecule has 0 atom stereocenters. The highest BCUT2D eigenvalue weighted by molar-refractivity contribution is 6.37. The molecule has 7 heteroatoms. The molecule has 0 bridgehead atoms. The van der Waals surface area contributed by atoms with Crippen LogP contribution in [-0.2, 0) is 14.3 Å². The van der Waals surface area contributed by atoms with Crippen molar-refractivity contribution in [3.05, 3.63) is 0 Å². The zero-order chi connectivity index (χ0) is 11.4. The summed E-state index contributed by atoms with van der Waals surface area (Å²) in [6.45, 7) is 4.88. The second kappa shape index (κ2) is 4.56. The van der Waals surface area contributed by atoms with E-state index in [4.69, 9.17) is 4.74 Å². The van der Waals surface area contributed by atoms with Crippen LogP contribution in [-0.4, -0.2) is 23.5 Å². The van der Waals surface area contributed by atoms with Crippen LogP contribution in [0.25, 0.3) is 0 Å². The molecule has 0 spiro atoms. The summed E-state index contributed by atoms with van der Waals surface area (Å²) in [7, 11) is 0. The summed E-state index contributed by atoms with van der Waals surface area (Å²) in [6.07, 6.45) is -0.994. The number of hydrazine groups is 1. The molecule has 0 aliphatic heterocycles. The van der Waals surface area contributed by atoms with E-state index in [-0.39, 0.29) is 0 Å². The minimum atomic E-state index is -1.17. The first kappa shape index (κ1) is 12.4. The van der Waals surface area contributed by atoms with Gasteiger partial charge in [-0.3, -0.25) is 20.3 Å². The summed E-state index contributed by atoms with van der Waals surface area (Å²) in [4.78, 5) is 32.2. The van der Waals surface area contributed by atoms with E-state index in [1.54, 1.807) is 31.5 Å². The third kappa shape index (κ3) is 5.09. The van der Waals surface area contributed by atoms with E-state index in [0.29, 0.717) is 0 Å². The Bertz CT molecular complexity index is 256. The number of ether oxygens (including phenoxy) is 1. The second-order valence-corrected chi connectivity index (χ2v) is 3.43. The maximum atomic E-state index is 10.9. The van der Waals surface area contributed by atoms with Gasteiger partial charge in [-0.05, 0) is 20.8 Å². The minimum Gasteiger partial charge on any atom is -0.444 e. The van der Waals surface area contributed by atoms with Gasteiger partial charge in [-0.2, -0.15) is 0 Å². The standard InChI is InChI=1S/C7H13N3O4/c1-7(2,3)14-6(13)9-4(11)5(12)10-8/h8H2,1-3H3,(H,10,12)(H,9,11,13). The fourth-order valence-electron chi connectivity index (χ4n) is 0.519. The highest BCUT2D eigenvalue weighted by atomic mass is 16.6. The van der Waals surface area contributed by atoms with E-state index in [9.17, 15) is 14.4 Å². The van der Waals surface area contributed by atoms with Crippen LogP contribution in [0.3, 0.4) is 0 Å². The van der Waals surface area contributed by atoms with Crippen LogP contribution >= 0.6 is 0 Å². The van der Waals surface area contributed by atoms with Crippen molar-refractivity contribution >= 4 is 17.9 Å². The highest BCUT2D eigenvalue weighted by Gasteiger charge is 2.20. The molecule has 80 valence electrons. The first-order chi connectivity index (χ1) is 6.26. The van der Waals surface area contributed by atoms with Crippen LogP contribution < -0.4 is 16.6 Å². The lowest BCUT2D eigenvalue weighted by Crippen LogP contribution is -2.46. The number of nitrogens with two attached hydrogens (primary N) is 1. The van der Waals surface area contributed by atoms with Crippen molar-refractivity contribution < 1.29 is 19.1 Å². The van der Waals surface area contributed by atoms with Crippen molar-refractivity contribution in [2.75, 3.05) is 0 Å². The van der Waals surface area contributed by atoms with Crippen LogP contribution in [0.1, 0.15) is 20.8 Å². The van der Waals surface area contributed by atoms with Gasteiger partial charge in [0.25, 0.3) is 0 Å². The minimum absolute atomic E-state index is 0.733. The van der Waals surface area contributed by atoms with E-state index in [2.05, 4.69) is 5.84 Å². The molecule has 0 heterocycles. The van der Waals surface area contributed by atoms with E-state index in [0.717, 1.165) is 0 Å². The van der Waals surface area contributed by atoms with E-state index >= 15 is 0 Å². The van der Waals surface area contributed by atoms with Gasteiger partial charge in [0.2, 0.25) is 0 Å². The summed E-state index contributed by atoms with van der Waals surface area (Å²) < 4.78 is 4.71. The molecule has 0 saturated heterocycles. The number of hydrogen-bond donors (Lipinski definition) is 3. The van der Waals surface area contributed by atoms with Crippen molar-refractivity contribution in [3.63, 3.8) is 0 Å². The van der Waals surface area contributed by atoms with Gasteiger partial charge < -0.3 is 4.74 Å². The number of hydrogen-bond acceptors (Lipinski definition) is 5. The van der Waals surface area contributed by atoms with E-state index < -0.39 is 23.5 Å². The lowest BCUT2D eigenvalue weighted by molar-refractivity contribution is -0.139. The van der Waals surface area contributed by atoms with Crippen molar-refractivity contribution in [2.24, 2.45) is 5.84 Å². The van der Waals surface area contributed by atoms with Crippen LogP contribution in [0.15, 0.2) is 0 Å². The molecule has 0 saturated carbocycles. The Morgan fingerprint density at radius 2 is 1.64 bits per heavy atom. The van der Waals surface area contributed by atoms with Crippen molar-refractivity contribution in [1.29, 1.82) is 0 Å². The molecule has 0 unspecified atom stereocenters. The third-order valence-corrected chi connectivity index (χ3v) is 0.952. The summed E-state index contributed by atoms with van der Waals surface area (Å²) in [5, 5.41) is 1.70. The highest BCUT2D eigenvalue weighted by Crippen LogP contribution is 2.05. The van der Waals surface area contributed by atoms with E-state index in [1.807, 2.05) is 0 Å². The first-order valence-electron chi connectivity index (χ1n) is 3.81. The van der Waals surface area contributed by atoms with Gasteiger partial charge >= 0.3 is 17.9 Å². The lowest BCUT2D eigenvalue weighted by atomic mass is 10.2. The summed E-state index contributed by atoms with van der Waals surface area (Å²) >= 11 is 0. The number of nitrogens with one attached hydrogen (secondary N) is 2. The van der Waals surface area contributed by atoms with Gasteiger partial charge in [-0.25, -0.2) is 10.6 Å². The fourth-order valence-corrected chi connectivity index (χ4v) is 0.519. The van der Waals surface area contributed by atoms with Crippen molar-refractivity contribution in [3.8, 4) is 0 Å². The number of rotatable bonds is 0. The maximum absolute atomic E-state index is 10.9. The largest absolute Gasteiger partial charge is 0.444 e. The van der Waals surface area contributed by atoms with Gasteiger partial charge in [0, 0.05) is 0 Å². The normalized spacial score (nSPS) is 10.3. The van der Waals surface area contributed by atoms with Crippen LogP contribution in [0, 0.1) is 0 Å². The molecule has 0 aliphatic rings. The number of carbonyl (C=O) groups excluding carboxylic acids is 3. The predicted octanol–water partition coefficient (Wildman–Crippen LogP) is -0.972. The Balaban J connectivity index is 4.08. The summed E-state index contributed by atoms with van der Waals surface area (Å²) in [6, 6.07) is 0. The number of alkyl carbamates (subject to hydrolysis) is 1. The number of imide groups is 1. The zero-order valence-electron chi connectivity index (χ0n) is 8.21. The monoisotopic (exact) mass is 203 g/mol. The molecule has 3 amide bonds. The topological polar surface area (TPSA) is 111 Å². The molecule has 0 aromatic rings. The quantitative estimate of drug-likeness (QED) is 0.203. The molecule has 0 aliphatic carbocycles. The SMILES string of the molecule is CC(C)(C)OC(=O)NC(=O)C(=O)NN. The fraction of sp³-hybridized carbons (Fsp3) is 0.571. The number of carbonyl (C=O) groups is 3. The molecular formula is C7H13N3O4. The van der Waals surface area contributed by atoms with E-state index in [1.165, 1.54) is 0 Å². The summed E-state index contributed by atoms with van der Waals surface area (Å²) in [5.41, 5.74) is 0.842. The molecule has 7 nitrogen and oxygen atoms in total. The van der Waals surface area contributed by atoms with Crippen molar-refractivity contribution in [2.45, 2.75) is 26.4 Å². The van der Waals surface area contributed by atoms with Gasteiger partial charge in [-0.1, -0.05) is 0 Å². The van der Waals surface area contributed by atoms with Gasteiger partial charge in [0.05, 0.1) is 0 Å². The zero-order valence-corrected chi connectivity index (χ0v) is 8.21. The third-order valence-electron chi connectivity index (χ3n) is 0.952. The number of amides is 3. The average molecular weight is 203 g/mol. The van der Waals surface area contributed by atoms with Crippen molar-refractivity contribution in [1.82, 2.24) is 10.7 Å². The molecule has 0 aromatic heterocycles. The van der Waals surface area contributed by atoms with Gasteiger partial charge in [-0.15, -0.1) is 0 Å². The molecule has 0 rings (SSSR count). The Morgan fingerprint density at radius 1 is 1.14 bits per heavy atom. The first-order valence-corrected chi connectivity index (χ1v) is 3.81. The maximum Gasteiger partial charge on any atom is 0.414 e. The molecule has 4 N–H and O–H groups in total. The Hall–Kier alpha value is -1.63. The molecule has 0 fully saturated rings. The molecule has 0 aromatic carbocycles. The predicted molar refractivity (Wildman–Crippen MR) is 46.7 cm³/mol. The van der Waals surface area contributed by atoms with Crippen LogP contribution in [0.5, 0.6) is 0 Å². The Labute approximate surface area is 80.9 Å². The molecule has 0 radical (unpaired) electrons. The second-order valence-electron chi connectivity index (χ2n) is 3.43. The molecule has 14 heavy (non-hydrogen) atoms. The molecular weight excluding hydrogens is 190 g/mol. The average Bonchev–Trinajstić information content (AvgIpc) is 1.99. The smallest absolute Gasteiger partial charge is 0.414 e. The van der Waals surface area contributed by atoms with Crippen LogP contribution in [0.2, 0.25) is 0 Å². The van der Waals surface area contributed by atoms with Gasteiger partial charge in [0.15, 0.2) is 0 Å².